The highest BCUT2D eigenvalue weighted by Gasteiger charge is 2.33. The largest absolute Gasteiger partial charge is 0.445 e. The number of likely N-dealkylation sites (tertiary alicyclic amines) is 1. The Kier molecular flexibility index (Phi) is 8.62. The van der Waals surface area contributed by atoms with Crippen molar-refractivity contribution in [3.8, 4) is 11.1 Å². The summed E-state index contributed by atoms with van der Waals surface area (Å²) < 4.78 is 20.7. The Labute approximate surface area is 238 Å². The van der Waals surface area contributed by atoms with Crippen molar-refractivity contribution in [3.63, 3.8) is 0 Å². The van der Waals surface area contributed by atoms with Crippen LogP contribution in [0.4, 0.5) is 14.9 Å². The third-order valence-corrected chi connectivity index (χ3v) is 7.09. The number of carbonyl (C=O) groups excluding carboxylic acids is 2. The van der Waals surface area contributed by atoms with E-state index in [9.17, 15) is 9.59 Å². The molecule has 1 N–H and O–H groups in total. The zero-order valence-electron chi connectivity index (χ0n) is 23.1. The molecule has 0 spiro atoms. The van der Waals surface area contributed by atoms with Gasteiger partial charge in [-0.25, -0.2) is 19.2 Å². The lowest BCUT2D eigenvalue weighted by atomic mass is 9.94. The van der Waals surface area contributed by atoms with Gasteiger partial charge in [-0.3, -0.25) is 14.7 Å². The third kappa shape index (κ3) is 6.40. The van der Waals surface area contributed by atoms with Gasteiger partial charge in [-0.05, 0) is 37.0 Å². The van der Waals surface area contributed by atoms with Gasteiger partial charge in [0.05, 0.1) is 23.0 Å². The molecule has 210 valence electrons. The number of nitrogens with zero attached hydrogens (tertiary/aromatic N) is 4. The molecule has 9 heteroatoms. The first kappa shape index (κ1) is 27.9. The summed E-state index contributed by atoms with van der Waals surface area (Å²) in [7, 11) is 0. The SMILES string of the molecule is CC(C)c1ncc(C(=O)Nc2c(-c3ccccc3F)ccnc2C2CCCCN2C(=O)OCc2ccccc2)cn1. The number of ether oxygens (including phenoxy) is 1. The molecule has 3 heterocycles. The zero-order chi connectivity index (χ0) is 28.8. The number of hydrogen-bond donors (Lipinski definition) is 1. The molecule has 0 bridgehead atoms. The van der Waals surface area contributed by atoms with Crippen molar-refractivity contribution in [2.24, 2.45) is 0 Å². The standard InChI is InChI=1S/C32H32FN5O3/c1-21(2)30-35-18-23(19-36-30)31(39)37-28-25(24-12-6-7-13-26(24)33)15-16-34-29(28)27-14-8-9-17-38(27)32(40)41-20-22-10-4-3-5-11-22/h3-7,10-13,15-16,18-19,21,27H,8-9,14,17,20H2,1-2H3,(H,37,39). The molecular weight excluding hydrogens is 521 g/mol. The number of carbonyl (C=O) groups is 2. The van der Waals surface area contributed by atoms with E-state index in [4.69, 9.17) is 4.74 Å². The highest BCUT2D eigenvalue weighted by molar-refractivity contribution is 6.06. The maximum absolute atomic E-state index is 15.0. The number of halogens is 1. The van der Waals surface area contributed by atoms with Crippen molar-refractivity contribution >= 4 is 17.7 Å². The van der Waals surface area contributed by atoms with Gasteiger partial charge in [0.15, 0.2) is 0 Å². The molecule has 5 rings (SSSR count). The lowest BCUT2D eigenvalue weighted by Crippen LogP contribution is -2.39. The number of benzene rings is 2. The van der Waals surface area contributed by atoms with Crippen LogP contribution >= 0.6 is 0 Å². The van der Waals surface area contributed by atoms with Gasteiger partial charge in [-0.1, -0.05) is 62.4 Å². The zero-order valence-corrected chi connectivity index (χ0v) is 23.1. The summed E-state index contributed by atoms with van der Waals surface area (Å²) in [4.78, 5) is 41.7. The Hall–Kier alpha value is -4.66. The Morgan fingerprint density at radius 3 is 2.44 bits per heavy atom. The summed E-state index contributed by atoms with van der Waals surface area (Å²) in [6.07, 6.45) is 6.35. The second kappa shape index (κ2) is 12.7. The highest BCUT2D eigenvalue weighted by atomic mass is 19.1. The number of hydrogen-bond acceptors (Lipinski definition) is 6. The summed E-state index contributed by atoms with van der Waals surface area (Å²) in [5, 5.41) is 2.96. The highest BCUT2D eigenvalue weighted by Crippen LogP contribution is 2.40. The average Bonchev–Trinajstić information content (AvgIpc) is 3.01. The van der Waals surface area contributed by atoms with Crippen LogP contribution in [-0.2, 0) is 11.3 Å². The van der Waals surface area contributed by atoms with Gasteiger partial charge in [-0.15, -0.1) is 0 Å². The molecular formula is C32H32FN5O3. The fourth-order valence-electron chi connectivity index (χ4n) is 4.94. The second-order valence-electron chi connectivity index (χ2n) is 10.3. The predicted octanol–water partition coefficient (Wildman–Crippen LogP) is 6.92. The van der Waals surface area contributed by atoms with Gasteiger partial charge >= 0.3 is 6.09 Å². The fraction of sp³-hybridized carbons (Fsp3) is 0.281. The Morgan fingerprint density at radius 2 is 1.71 bits per heavy atom. The van der Waals surface area contributed by atoms with E-state index in [0.29, 0.717) is 41.3 Å². The quantitative estimate of drug-likeness (QED) is 0.267. The number of amides is 2. The van der Waals surface area contributed by atoms with E-state index in [-0.39, 0.29) is 18.1 Å². The summed E-state index contributed by atoms with van der Waals surface area (Å²) in [5.74, 6) is -0.153. The predicted molar refractivity (Wildman–Crippen MR) is 154 cm³/mol. The van der Waals surface area contributed by atoms with Crippen molar-refractivity contribution in [1.29, 1.82) is 0 Å². The van der Waals surface area contributed by atoms with E-state index < -0.39 is 23.9 Å². The topological polar surface area (TPSA) is 97.3 Å². The lowest BCUT2D eigenvalue weighted by Gasteiger charge is -2.35. The van der Waals surface area contributed by atoms with Crippen molar-refractivity contribution in [1.82, 2.24) is 19.9 Å². The number of nitrogens with one attached hydrogen (secondary N) is 1. The number of anilines is 1. The van der Waals surface area contributed by atoms with Crippen molar-refractivity contribution < 1.29 is 18.7 Å². The molecule has 0 aliphatic carbocycles. The normalized spacial score (nSPS) is 15.0. The first-order chi connectivity index (χ1) is 19.9. The summed E-state index contributed by atoms with van der Waals surface area (Å²) in [5.41, 5.74) is 2.72. The van der Waals surface area contributed by atoms with Crippen LogP contribution in [0.1, 0.15) is 72.5 Å². The monoisotopic (exact) mass is 553 g/mol. The summed E-state index contributed by atoms with van der Waals surface area (Å²) in [6, 6.07) is 17.0. The summed E-state index contributed by atoms with van der Waals surface area (Å²) in [6.45, 7) is 4.56. The fourth-order valence-corrected chi connectivity index (χ4v) is 4.94. The van der Waals surface area contributed by atoms with Crippen LogP contribution in [-0.4, -0.2) is 38.4 Å². The number of pyridine rings is 1. The first-order valence-electron chi connectivity index (χ1n) is 13.8. The Bertz CT molecular complexity index is 1510. The van der Waals surface area contributed by atoms with E-state index in [2.05, 4.69) is 20.3 Å². The van der Waals surface area contributed by atoms with E-state index in [0.717, 1.165) is 18.4 Å². The average molecular weight is 554 g/mol. The molecule has 1 aliphatic heterocycles. The molecule has 2 amide bonds. The molecule has 4 aromatic rings. The summed E-state index contributed by atoms with van der Waals surface area (Å²) >= 11 is 0. The van der Waals surface area contributed by atoms with Crippen LogP contribution in [0, 0.1) is 5.82 Å². The maximum Gasteiger partial charge on any atom is 0.410 e. The Balaban J connectivity index is 1.51. The first-order valence-corrected chi connectivity index (χ1v) is 13.8. The molecule has 1 fully saturated rings. The maximum atomic E-state index is 15.0. The van der Waals surface area contributed by atoms with Gasteiger partial charge in [0, 0.05) is 42.2 Å². The van der Waals surface area contributed by atoms with E-state index in [1.165, 1.54) is 18.5 Å². The molecule has 1 atom stereocenters. The van der Waals surface area contributed by atoms with Gasteiger partial charge < -0.3 is 10.1 Å². The minimum Gasteiger partial charge on any atom is -0.445 e. The lowest BCUT2D eigenvalue weighted by molar-refractivity contribution is 0.0671. The van der Waals surface area contributed by atoms with Gasteiger partial charge in [0.1, 0.15) is 18.2 Å². The van der Waals surface area contributed by atoms with E-state index in [1.807, 2.05) is 44.2 Å². The van der Waals surface area contributed by atoms with Crippen LogP contribution < -0.4 is 5.32 Å². The Morgan fingerprint density at radius 1 is 0.976 bits per heavy atom. The molecule has 1 saturated heterocycles. The van der Waals surface area contributed by atoms with E-state index >= 15 is 4.39 Å². The van der Waals surface area contributed by atoms with Crippen LogP contribution in [0.25, 0.3) is 11.1 Å². The number of rotatable bonds is 7. The number of aromatic nitrogens is 3. The minimum atomic E-state index is -0.478. The van der Waals surface area contributed by atoms with Gasteiger partial charge in [-0.2, -0.15) is 0 Å². The van der Waals surface area contributed by atoms with Crippen LogP contribution in [0.2, 0.25) is 0 Å². The molecule has 2 aromatic heterocycles. The third-order valence-electron chi connectivity index (χ3n) is 7.09. The van der Waals surface area contributed by atoms with Crippen molar-refractivity contribution in [2.45, 2.75) is 51.7 Å². The molecule has 1 unspecified atom stereocenters. The molecule has 0 saturated carbocycles. The number of piperidine rings is 1. The smallest absolute Gasteiger partial charge is 0.410 e. The molecule has 0 radical (unpaired) electrons. The second-order valence-corrected chi connectivity index (χ2v) is 10.3. The van der Waals surface area contributed by atoms with Crippen molar-refractivity contribution in [3.05, 3.63) is 108 Å². The minimum absolute atomic E-state index is 0.114. The van der Waals surface area contributed by atoms with Crippen LogP contribution in [0.3, 0.4) is 0 Å². The van der Waals surface area contributed by atoms with E-state index in [1.54, 1.807) is 35.4 Å². The van der Waals surface area contributed by atoms with Crippen LogP contribution in [0.5, 0.6) is 0 Å². The van der Waals surface area contributed by atoms with Crippen molar-refractivity contribution in [2.75, 3.05) is 11.9 Å². The molecule has 8 nitrogen and oxygen atoms in total. The van der Waals surface area contributed by atoms with Gasteiger partial charge in [0.2, 0.25) is 0 Å². The molecule has 2 aromatic carbocycles. The van der Waals surface area contributed by atoms with Crippen LogP contribution in [0.15, 0.2) is 79.3 Å². The van der Waals surface area contributed by atoms with Gasteiger partial charge in [0.25, 0.3) is 5.91 Å². The molecule has 1 aliphatic rings. The molecule has 41 heavy (non-hydrogen) atoms.